The van der Waals surface area contributed by atoms with E-state index in [-0.39, 0.29) is 22.9 Å². The number of hydrogen-bond donors (Lipinski definition) is 3. The molecule has 0 spiro atoms. The fraction of sp³-hybridized carbons (Fsp3) is 0.370. The number of nitrogens with one attached hydrogen (secondary N) is 1. The Morgan fingerprint density at radius 1 is 1.08 bits per heavy atom. The number of hydrogen-bond acceptors (Lipinski definition) is 6. The van der Waals surface area contributed by atoms with Crippen molar-refractivity contribution in [2.24, 2.45) is 11.7 Å². The van der Waals surface area contributed by atoms with Crippen LogP contribution in [0.4, 0.5) is 20.4 Å². The maximum Gasteiger partial charge on any atom is 0.229 e. The number of halogens is 2. The molecule has 0 amide bonds. The van der Waals surface area contributed by atoms with Gasteiger partial charge in [-0.15, -0.1) is 0 Å². The van der Waals surface area contributed by atoms with Gasteiger partial charge in [0.2, 0.25) is 5.95 Å². The summed E-state index contributed by atoms with van der Waals surface area (Å²) >= 11 is 0. The molecular formula is C27H30F2N6O. The summed E-state index contributed by atoms with van der Waals surface area (Å²) in [5.41, 5.74) is 7.49. The quantitative estimate of drug-likeness (QED) is 0.351. The predicted molar refractivity (Wildman–Crippen MR) is 135 cm³/mol. The van der Waals surface area contributed by atoms with Gasteiger partial charge in [-0.2, -0.15) is 9.61 Å². The molecule has 3 atom stereocenters. The van der Waals surface area contributed by atoms with E-state index in [4.69, 9.17) is 5.73 Å². The molecule has 1 fully saturated rings. The summed E-state index contributed by atoms with van der Waals surface area (Å²) < 4.78 is 31.5. The summed E-state index contributed by atoms with van der Waals surface area (Å²) in [6.45, 7) is 5.17. The van der Waals surface area contributed by atoms with Gasteiger partial charge in [0.05, 0.1) is 40.5 Å². The Bertz CT molecular complexity index is 1380. The first-order chi connectivity index (χ1) is 17.1. The standard InChI is InChI=1S/C27H30F2N6O/c1-15-8-16(10-18(30)9-15)20-6-7-31-14-24(20)33-26-32-13-19-4-5-23(34-35(19)26)25-21(28)11-17(12-22(25)29)27(2,3)36/h4-7,11-16,18,36H,8-10,30H2,1-3H3,(H,32,33)/t15-,16+,18-/m0/s1. The van der Waals surface area contributed by atoms with Crippen LogP contribution in [-0.2, 0) is 5.60 Å². The molecule has 0 radical (unpaired) electrons. The van der Waals surface area contributed by atoms with Crippen LogP contribution < -0.4 is 11.1 Å². The molecule has 0 saturated heterocycles. The summed E-state index contributed by atoms with van der Waals surface area (Å²) in [5.74, 6) is -0.370. The number of nitrogens with zero attached hydrogens (tertiary/aromatic N) is 4. The van der Waals surface area contributed by atoms with Crippen LogP contribution in [0.3, 0.4) is 0 Å². The lowest BCUT2D eigenvalue weighted by atomic mass is 9.76. The normalized spacial score (nSPS) is 20.6. The van der Waals surface area contributed by atoms with Crippen molar-refractivity contribution in [2.75, 3.05) is 5.32 Å². The molecule has 5 rings (SSSR count). The van der Waals surface area contributed by atoms with Gasteiger partial charge in [-0.05, 0) is 86.4 Å². The Morgan fingerprint density at radius 3 is 2.53 bits per heavy atom. The number of nitrogens with two attached hydrogens (primary N) is 1. The minimum absolute atomic E-state index is 0.110. The smallest absolute Gasteiger partial charge is 0.229 e. The summed E-state index contributed by atoms with van der Waals surface area (Å²) in [7, 11) is 0. The zero-order chi connectivity index (χ0) is 25.6. The maximum absolute atomic E-state index is 15.0. The molecule has 1 aliphatic carbocycles. The maximum atomic E-state index is 15.0. The summed E-state index contributed by atoms with van der Waals surface area (Å²) in [4.78, 5) is 8.73. The van der Waals surface area contributed by atoms with Crippen molar-refractivity contribution in [2.45, 2.75) is 57.6 Å². The average molecular weight is 493 g/mol. The van der Waals surface area contributed by atoms with Crippen molar-refractivity contribution in [1.82, 2.24) is 19.6 Å². The summed E-state index contributed by atoms with van der Waals surface area (Å²) in [6.07, 6.45) is 8.11. The number of anilines is 2. The zero-order valence-corrected chi connectivity index (χ0v) is 20.5. The Morgan fingerprint density at radius 2 is 1.83 bits per heavy atom. The summed E-state index contributed by atoms with van der Waals surface area (Å²) in [6, 6.07) is 7.68. The fourth-order valence-electron chi connectivity index (χ4n) is 5.17. The zero-order valence-electron chi connectivity index (χ0n) is 20.5. The number of fused-ring (bicyclic) bond motifs is 1. The molecule has 4 N–H and O–H groups in total. The van der Waals surface area contributed by atoms with Gasteiger partial charge in [0, 0.05) is 12.2 Å². The second kappa shape index (κ2) is 9.22. The third-order valence-electron chi connectivity index (χ3n) is 6.91. The van der Waals surface area contributed by atoms with Crippen LogP contribution in [0.25, 0.3) is 16.8 Å². The third-order valence-corrected chi connectivity index (χ3v) is 6.91. The second-order valence-electron chi connectivity index (χ2n) is 10.4. The third kappa shape index (κ3) is 4.68. The van der Waals surface area contributed by atoms with E-state index in [9.17, 15) is 13.9 Å². The van der Waals surface area contributed by atoms with Gasteiger partial charge in [-0.1, -0.05) is 6.92 Å². The predicted octanol–water partition coefficient (Wildman–Crippen LogP) is 5.27. The molecule has 0 bridgehead atoms. The van der Waals surface area contributed by atoms with E-state index in [0.29, 0.717) is 23.3 Å². The molecule has 0 aliphatic heterocycles. The molecule has 3 heterocycles. The first-order valence-electron chi connectivity index (χ1n) is 12.1. The van der Waals surface area contributed by atoms with E-state index in [1.165, 1.54) is 18.4 Å². The Kier molecular flexibility index (Phi) is 6.22. The van der Waals surface area contributed by atoms with E-state index in [2.05, 4.69) is 27.3 Å². The van der Waals surface area contributed by atoms with Crippen molar-refractivity contribution in [3.63, 3.8) is 0 Å². The van der Waals surface area contributed by atoms with Crippen LogP contribution in [0.15, 0.2) is 48.9 Å². The molecule has 36 heavy (non-hydrogen) atoms. The van der Waals surface area contributed by atoms with E-state index in [1.54, 1.807) is 30.7 Å². The van der Waals surface area contributed by atoms with Crippen molar-refractivity contribution >= 4 is 17.2 Å². The number of aliphatic hydroxyl groups is 1. The molecule has 0 unspecified atom stereocenters. The van der Waals surface area contributed by atoms with Gasteiger partial charge in [-0.25, -0.2) is 13.8 Å². The van der Waals surface area contributed by atoms with Gasteiger partial charge in [-0.3, -0.25) is 4.98 Å². The van der Waals surface area contributed by atoms with E-state index in [1.807, 2.05) is 6.07 Å². The van der Waals surface area contributed by atoms with Crippen LogP contribution in [-0.4, -0.2) is 30.7 Å². The number of aromatic nitrogens is 4. The van der Waals surface area contributed by atoms with Crippen LogP contribution in [0.1, 0.15) is 57.1 Å². The Hall–Kier alpha value is -3.43. The van der Waals surface area contributed by atoms with Crippen molar-refractivity contribution in [3.05, 3.63) is 71.7 Å². The van der Waals surface area contributed by atoms with E-state index >= 15 is 0 Å². The van der Waals surface area contributed by atoms with Crippen LogP contribution in [0.2, 0.25) is 0 Å². The van der Waals surface area contributed by atoms with Gasteiger partial charge in [0.25, 0.3) is 0 Å². The Balaban J connectivity index is 1.51. The molecule has 7 nitrogen and oxygen atoms in total. The molecule has 4 aromatic rings. The molecule has 9 heteroatoms. The first kappa shape index (κ1) is 24.3. The van der Waals surface area contributed by atoms with Crippen LogP contribution >= 0.6 is 0 Å². The highest BCUT2D eigenvalue weighted by molar-refractivity contribution is 5.66. The van der Waals surface area contributed by atoms with Gasteiger partial charge < -0.3 is 16.2 Å². The molecule has 188 valence electrons. The highest BCUT2D eigenvalue weighted by atomic mass is 19.1. The van der Waals surface area contributed by atoms with Crippen molar-refractivity contribution < 1.29 is 13.9 Å². The lowest BCUT2D eigenvalue weighted by Crippen LogP contribution is -2.31. The highest BCUT2D eigenvalue weighted by Crippen LogP contribution is 2.39. The monoisotopic (exact) mass is 492 g/mol. The second-order valence-corrected chi connectivity index (χ2v) is 10.4. The fourth-order valence-corrected chi connectivity index (χ4v) is 5.17. The van der Waals surface area contributed by atoms with E-state index < -0.39 is 17.2 Å². The van der Waals surface area contributed by atoms with Crippen LogP contribution in [0.5, 0.6) is 0 Å². The SMILES string of the molecule is C[C@@H]1C[C@H](N)C[C@H](c2ccncc2Nc2ncc3ccc(-c4c(F)cc(C(C)(C)O)cc4F)nn23)C1. The highest BCUT2D eigenvalue weighted by Gasteiger charge is 2.27. The number of pyridine rings is 1. The lowest BCUT2D eigenvalue weighted by Gasteiger charge is -2.32. The number of rotatable bonds is 5. The first-order valence-corrected chi connectivity index (χ1v) is 12.1. The molecule has 3 aromatic heterocycles. The minimum atomic E-state index is -1.37. The topological polar surface area (TPSA) is 101 Å². The lowest BCUT2D eigenvalue weighted by molar-refractivity contribution is 0.0779. The molecule has 1 saturated carbocycles. The van der Waals surface area contributed by atoms with Crippen molar-refractivity contribution in [1.29, 1.82) is 0 Å². The molecule has 1 aromatic carbocycles. The largest absolute Gasteiger partial charge is 0.386 e. The molecule has 1 aliphatic rings. The summed E-state index contributed by atoms with van der Waals surface area (Å²) in [5, 5.41) is 18.0. The van der Waals surface area contributed by atoms with Gasteiger partial charge >= 0.3 is 0 Å². The van der Waals surface area contributed by atoms with Gasteiger partial charge in [0.15, 0.2) is 0 Å². The number of benzene rings is 1. The average Bonchev–Trinajstić information content (AvgIpc) is 3.20. The Labute approximate surface area is 208 Å². The van der Waals surface area contributed by atoms with Gasteiger partial charge in [0.1, 0.15) is 11.6 Å². The number of imidazole rings is 1. The molecular weight excluding hydrogens is 462 g/mol. The van der Waals surface area contributed by atoms with E-state index in [0.717, 1.165) is 42.6 Å². The minimum Gasteiger partial charge on any atom is -0.386 e. The van der Waals surface area contributed by atoms with Crippen molar-refractivity contribution in [3.8, 4) is 11.3 Å². The van der Waals surface area contributed by atoms with Crippen LogP contribution in [0, 0.1) is 17.6 Å².